The molecule has 2 aromatic carbocycles. The molecule has 1 heterocycles. The standard InChI is InChI=1S/C15H14N6/c1-10-7-8-12(14(16)17)13(9-10)21-19-15(18-20-21)11-5-3-2-4-6-11/h2-9H,1H3,(H3,16,17). The van der Waals surface area contributed by atoms with E-state index in [4.69, 9.17) is 11.1 Å². The van der Waals surface area contributed by atoms with Crippen LogP contribution in [-0.4, -0.2) is 26.0 Å². The maximum absolute atomic E-state index is 7.66. The van der Waals surface area contributed by atoms with Crippen LogP contribution in [0.15, 0.2) is 48.5 Å². The molecule has 3 aromatic rings. The predicted octanol–water partition coefficient (Wildman–Crippen LogP) is 1.92. The van der Waals surface area contributed by atoms with Crippen LogP contribution in [0.1, 0.15) is 11.1 Å². The van der Waals surface area contributed by atoms with Crippen LogP contribution in [0.5, 0.6) is 0 Å². The highest BCUT2D eigenvalue weighted by Crippen LogP contribution is 2.17. The second-order valence-corrected chi connectivity index (χ2v) is 4.70. The Hall–Kier alpha value is -3.02. The molecule has 104 valence electrons. The van der Waals surface area contributed by atoms with Crippen molar-refractivity contribution in [2.24, 2.45) is 5.73 Å². The molecular weight excluding hydrogens is 264 g/mol. The molecule has 0 bridgehead atoms. The Morgan fingerprint density at radius 2 is 1.90 bits per heavy atom. The second-order valence-electron chi connectivity index (χ2n) is 4.70. The fourth-order valence-electron chi connectivity index (χ4n) is 2.05. The third kappa shape index (κ3) is 2.51. The molecule has 0 unspecified atom stereocenters. The monoisotopic (exact) mass is 278 g/mol. The summed E-state index contributed by atoms with van der Waals surface area (Å²) >= 11 is 0. The van der Waals surface area contributed by atoms with Crippen molar-refractivity contribution in [3.05, 3.63) is 59.7 Å². The van der Waals surface area contributed by atoms with Gasteiger partial charge in [0, 0.05) is 11.1 Å². The summed E-state index contributed by atoms with van der Waals surface area (Å²) in [6, 6.07) is 15.2. The van der Waals surface area contributed by atoms with Crippen LogP contribution in [0.3, 0.4) is 0 Å². The molecule has 3 N–H and O–H groups in total. The minimum atomic E-state index is -0.0245. The Morgan fingerprint density at radius 3 is 2.62 bits per heavy atom. The van der Waals surface area contributed by atoms with E-state index in [1.165, 1.54) is 4.80 Å². The van der Waals surface area contributed by atoms with Gasteiger partial charge in [-0.25, -0.2) is 0 Å². The smallest absolute Gasteiger partial charge is 0.205 e. The number of nitrogens with one attached hydrogen (secondary N) is 1. The molecule has 0 fully saturated rings. The summed E-state index contributed by atoms with van der Waals surface area (Å²) < 4.78 is 0. The van der Waals surface area contributed by atoms with Crippen LogP contribution >= 0.6 is 0 Å². The first-order chi connectivity index (χ1) is 10.1. The molecule has 6 heteroatoms. The Bertz CT molecular complexity index is 791. The van der Waals surface area contributed by atoms with Crippen LogP contribution in [0.25, 0.3) is 17.1 Å². The lowest BCUT2D eigenvalue weighted by Gasteiger charge is -2.07. The van der Waals surface area contributed by atoms with Crippen molar-refractivity contribution in [2.75, 3.05) is 0 Å². The largest absolute Gasteiger partial charge is 0.384 e. The predicted molar refractivity (Wildman–Crippen MR) is 80.3 cm³/mol. The zero-order valence-electron chi connectivity index (χ0n) is 11.5. The first kappa shape index (κ1) is 13.0. The summed E-state index contributed by atoms with van der Waals surface area (Å²) in [4.78, 5) is 1.41. The number of nitrogen functional groups attached to an aromatic ring is 1. The SMILES string of the molecule is Cc1ccc(C(=N)N)c(-n2nnc(-c3ccccc3)n2)c1. The highest BCUT2D eigenvalue weighted by molar-refractivity contribution is 5.98. The van der Waals surface area contributed by atoms with E-state index in [0.717, 1.165) is 11.1 Å². The van der Waals surface area contributed by atoms with Crippen LogP contribution < -0.4 is 5.73 Å². The van der Waals surface area contributed by atoms with Gasteiger partial charge in [-0.15, -0.1) is 15.0 Å². The number of nitrogens with zero attached hydrogens (tertiary/aromatic N) is 4. The maximum atomic E-state index is 7.66. The van der Waals surface area contributed by atoms with Gasteiger partial charge in [-0.1, -0.05) is 36.4 Å². The molecule has 0 aliphatic rings. The van der Waals surface area contributed by atoms with E-state index < -0.39 is 0 Å². The average Bonchev–Trinajstić information content (AvgIpc) is 2.97. The van der Waals surface area contributed by atoms with Gasteiger partial charge in [0.2, 0.25) is 5.82 Å². The number of aryl methyl sites for hydroxylation is 1. The molecule has 0 spiro atoms. The molecule has 0 aliphatic heterocycles. The number of nitrogens with two attached hydrogens (primary N) is 1. The Balaban J connectivity index is 2.08. The number of hydrogen-bond acceptors (Lipinski definition) is 4. The van der Waals surface area contributed by atoms with E-state index in [0.29, 0.717) is 17.1 Å². The van der Waals surface area contributed by atoms with Gasteiger partial charge in [-0.05, 0) is 29.8 Å². The molecule has 0 aliphatic carbocycles. The lowest BCUT2D eigenvalue weighted by Crippen LogP contribution is -2.16. The van der Waals surface area contributed by atoms with Gasteiger partial charge in [-0.3, -0.25) is 5.41 Å². The third-order valence-electron chi connectivity index (χ3n) is 3.10. The molecule has 0 atom stereocenters. The minimum absolute atomic E-state index is 0.0245. The Labute approximate surface area is 121 Å². The lowest BCUT2D eigenvalue weighted by atomic mass is 10.1. The third-order valence-corrected chi connectivity index (χ3v) is 3.10. The summed E-state index contributed by atoms with van der Waals surface area (Å²) in [5, 5.41) is 20.2. The van der Waals surface area contributed by atoms with E-state index in [1.807, 2.05) is 49.4 Å². The van der Waals surface area contributed by atoms with Crippen molar-refractivity contribution < 1.29 is 0 Å². The second kappa shape index (κ2) is 5.16. The van der Waals surface area contributed by atoms with E-state index in [2.05, 4.69) is 15.4 Å². The first-order valence-corrected chi connectivity index (χ1v) is 6.46. The Morgan fingerprint density at radius 1 is 1.14 bits per heavy atom. The maximum Gasteiger partial charge on any atom is 0.205 e. The number of aromatic nitrogens is 4. The summed E-state index contributed by atoms with van der Waals surface area (Å²) in [6.07, 6.45) is 0. The molecule has 21 heavy (non-hydrogen) atoms. The van der Waals surface area contributed by atoms with E-state index in [-0.39, 0.29) is 5.84 Å². The van der Waals surface area contributed by atoms with E-state index >= 15 is 0 Å². The minimum Gasteiger partial charge on any atom is -0.384 e. The molecule has 1 aromatic heterocycles. The van der Waals surface area contributed by atoms with Crippen LogP contribution in [0.4, 0.5) is 0 Å². The summed E-state index contributed by atoms with van der Waals surface area (Å²) in [5.74, 6) is 0.509. The lowest BCUT2D eigenvalue weighted by molar-refractivity contribution is 0.718. The zero-order chi connectivity index (χ0) is 14.8. The molecule has 3 rings (SSSR count). The van der Waals surface area contributed by atoms with Crippen molar-refractivity contribution >= 4 is 5.84 Å². The van der Waals surface area contributed by atoms with Crippen molar-refractivity contribution in [1.29, 1.82) is 5.41 Å². The van der Waals surface area contributed by atoms with Crippen molar-refractivity contribution in [3.63, 3.8) is 0 Å². The van der Waals surface area contributed by atoms with Crippen molar-refractivity contribution in [2.45, 2.75) is 6.92 Å². The molecule has 6 nitrogen and oxygen atoms in total. The van der Waals surface area contributed by atoms with E-state index in [9.17, 15) is 0 Å². The quantitative estimate of drug-likeness (QED) is 0.565. The van der Waals surface area contributed by atoms with Gasteiger partial charge in [0.05, 0.1) is 5.69 Å². The van der Waals surface area contributed by atoms with Gasteiger partial charge in [-0.2, -0.15) is 0 Å². The first-order valence-electron chi connectivity index (χ1n) is 6.46. The molecule has 0 amide bonds. The fraction of sp³-hybridized carbons (Fsp3) is 0.0667. The number of benzene rings is 2. The molecule has 0 saturated carbocycles. The summed E-state index contributed by atoms with van der Waals surface area (Å²) in [6.45, 7) is 1.96. The van der Waals surface area contributed by atoms with Gasteiger partial charge in [0.1, 0.15) is 5.84 Å². The van der Waals surface area contributed by atoms with Crippen LogP contribution in [0.2, 0.25) is 0 Å². The highest BCUT2D eigenvalue weighted by Gasteiger charge is 2.12. The van der Waals surface area contributed by atoms with E-state index in [1.54, 1.807) is 6.07 Å². The summed E-state index contributed by atoms with van der Waals surface area (Å²) in [5.41, 5.74) is 8.77. The van der Waals surface area contributed by atoms with Crippen molar-refractivity contribution in [1.82, 2.24) is 20.2 Å². The molecule has 0 radical (unpaired) electrons. The topological polar surface area (TPSA) is 93.5 Å². The van der Waals surface area contributed by atoms with Gasteiger partial charge < -0.3 is 5.73 Å². The number of hydrogen-bond donors (Lipinski definition) is 2. The van der Waals surface area contributed by atoms with Gasteiger partial charge in [0.25, 0.3) is 0 Å². The summed E-state index contributed by atoms with van der Waals surface area (Å²) in [7, 11) is 0. The number of tetrazole rings is 1. The van der Waals surface area contributed by atoms with Gasteiger partial charge in [0.15, 0.2) is 0 Å². The normalized spacial score (nSPS) is 10.5. The van der Waals surface area contributed by atoms with Gasteiger partial charge >= 0.3 is 0 Å². The fourth-order valence-corrected chi connectivity index (χ4v) is 2.05. The van der Waals surface area contributed by atoms with Crippen LogP contribution in [0, 0.1) is 12.3 Å². The Kier molecular flexibility index (Phi) is 3.19. The zero-order valence-corrected chi connectivity index (χ0v) is 11.5. The van der Waals surface area contributed by atoms with Crippen LogP contribution in [-0.2, 0) is 0 Å². The highest BCUT2D eigenvalue weighted by atomic mass is 15.6. The number of amidine groups is 1. The average molecular weight is 278 g/mol. The number of rotatable bonds is 3. The molecular formula is C15H14N6. The molecule has 0 saturated heterocycles. The van der Waals surface area contributed by atoms with Crippen molar-refractivity contribution in [3.8, 4) is 17.1 Å².